The fourth-order valence-corrected chi connectivity index (χ4v) is 4.68. The molecule has 2 aromatic heterocycles. The molecule has 2 aromatic rings. The van der Waals surface area contributed by atoms with Crippen molar-refractivity contribution in [1.29, 1.82) is 0 Å². The molecular weight excluding hydrogens is 392 g/mol. The zero-order chi connectivity index (χ0) is 22.0. The standard InChI is InChI=1S/C24H36N4O3/c1-4-15(2)27-23-26-14-20-21(28-23)19(16-5-7-17(29)8-6-16)13-25-22(20)31-18-9-11-24(3,30)12-10-18/h13-18,29-30H,4-12H2,1-3H3,(H,26,27,28)/t15-,16-,17-,18-,24-/m0/s1. The lowest BCUT2D eigenvalue weighted by molar-refractivity contribution is -0.0114. The maximum absolute atomic E-state index is 10.2. The van der Waals surface area contributed by atoms with Crippen molar-refractivity contribution in [2.45, 2.75) is 108 Å². The molecule has 1 atom stereocenters. The fourth-order valence-electron chi connectivity index (χ4n) is 4.68. The number of pyridine rings is 1. The predicted molar refractivity (Wildman–Crippen MR) is 121 cm³/mol. The van der Waals surface area contributed by atoms with Crippen LogP contribution < -0.4 is 10.1 Å². The van der Waals surface area contributed by atoms with Crippen LogP contribution >= 0.6 is 0 Å². The maximum atomic E-state index is 10.2. The summed E-state index contributed by atoms with van der Waals surface area (Å²) >= 11 is 0. The first kappa shape index (κ1) is 22.2. The van der Waals surface area contributed by atoms with Crippen molar-refractivity contribution in [3.8, 4) is 5.88 Å². The molecule has 0 amide bonds. The molecule has 2 aliphatic rings. The molecule has 0 saturated heterocycles. The average molecular weight is 429 g/mol. The highest BCUT2D eigenvalue weighted by Gasteiger charge is 2.31. The maximum Gasteiger partial charge on any atom is 0.224 e. The molecule has 7 nitrogen and oxygen atoms in total. The second-order valence-corrected chi connectivity index (χ2v) is 9.75. The van der Waals surface area contributed by atoms with Crippen molar-refractivity contribution in [1.82, 2.24) is 15.0 Å². The lowest BCUT2D eigenvalue weighted by Gasteiger charge is -2.33. The van der Waals surface area contributed by atoms with Gasteiger partial charge in [0.1, 0.15) is 6.10 Å². The number of aliphatic hydroxyl groups is 2. The summed E-state index contributed by atoms with van der Waals surface area (Å²) in [7, 11) is 0. The van der Waals surface area contributed by atoms with Gasteiger partial charge in [-0.05, 0) is 77.6 Å². The average Bonchev–Trinajstić information content (AvgIpc) is 2.76. The van der Waals surface area contributed by atoms with E-state index in [-0.39, 0.29) is 12.2 Å². The Labute approximate surface area is 184 Å². The first-order valence-electron chi connectivity index (χ1n) is 11.8. The monoisotopic (exact) mass is 428 g/mol. The Hall–Kier alpha value is -1.99. The normalized spacial score (nSPS) is 30.2. The summed E-state index contributed by atoms with van der Waals surface area (Å²) in [6, 6.07) is 0.290. The topological polar surface area (TPSA) is 100 Å². The molecule has 0 radical (unpaired) electrons. The van der Waals surface area contributed by atoms with Gasteiger partial charge in [0.15, 0.2) is 0 Å². The Morgan fingerprint density at radius 2 is 1.84 bits per heavy atom. The van der Waals surface area contributed by atoms with Gasteiger partial charge in [0.05, 0.1) is 22.6 Å². The van der Waals surface area contributed by atoms with Crippen LogP contribution in [0.5, 0.6) is 5.88 Å². The molecule has 2 aliphatic carbocycles. The van der Waals surface area contributed by atoms with E-state index in [0.29, 0.717) is 23.8 Å². The molecule has 7 heteroatoms. The van der Waals surface area contributed by atoms with Gasteiger partial charge in [0.25, 0.3) is 0 Å². The molecule has 0 spiro atoms. The van der Waals surface area contributed by atoms with E-state index in [1.54, 1.807) is 0 Å². The van der Waals surface area contributed by atoms with Crippen molar-refractivity contribution < 1.29 is 14.9 Å². The van der Waals surface area contributed by atoms with E-state index < -0.39 is 5.60 Å². The Kier molecular flexibility index (Phi) is 6.63. The summed E-state index contributed by atoms with van der Waals surface area (Å²) in [5.41, 5.74) is 1.43. The van der Waals surface area contributed by atoms with Crippen LogP contribution in [0.1, 0.15) is 90.0 Å². The second kappa shape index (κ2) is 9.25. The highest BCUT2D eigenvalue weighted by molar-refractivity contribution is 5.86. The summed E-state index contributed by atoms with van der Waals surface area (Å²) < 4.78 is 6.30. The van der Waals surface area contributed by atoms with Gasteiger partial charge in [-0.3, -0.25) is 0 Å². The largest absolute Gasteiger partial charge is 0.474 e. The van der Waals surface area contributed by atoms with E-state index in [2.05, 4.69) is 24.1 Å². The fraction of sp³-hybridized carbons (Fsp3) is 0.708. The number of anilines is 1. The Balaban J connectivity index is 1.65. The molecule has 0 bridgehead atoms. The van der Waals surface area contributed by atoms with E-state index in [9.17, 15) is 10.2 Å². The third-order valence-corrected chi connectivity index (χ3v) is 7.03. The van der Waals surface area contributed by atoms with Crippen LogP contribution in [0.25, 0.3) is 10.9 Å². The van der Waals surface area contributed by atoms with Crippen LogP contribution in [0, 0.1) is 0 Å². The molecule has 4 rings (SSSR count). The summed E-state index contributed by atoms with van der Waals surface area (Å²) in [4.78, 5) is 14.1. The molecule has 2 saturated carbocycles. The quantitative estimate of drug-likeness (QED) is 0.630. The molecule has 0 aliphatic heterocycles. The number of hydrogen-bond acceptors (Lipinski definition) is 7. The number of rotatable bonds is 6. The zero-order valence-electron chi connectivity index (χ0n) is 19.0. The molecule has 0 unspecified atom stereocenters. The third kappa shape index (κ3) is 5.26. The highest BCUT2D eigenvalue weighted by Crippen LogP contribution is 2.38. The molecule has 2 heterocycles. The number of ether oxygens (including phenoxy) is 1. The molecule has 3 N–H and O–H groups in total. The zero-order valence-corrected chi connectivity index (χ0v) is 19.0. The highest BCUT2D eigenvalue weighted by atomic mass is 16.5. The van der Waals surface area contributed by atoms with Crippen molar-refractivity contribution in [2.75, 3.05) is 5.32 Å². The van der Waals surface area contributed by atoms with Crippen LogP contribution in [-0.2, 0) is 0 Å². The third-order valence-electron chi connectivity index (χ3n) is 7.03. The first-order chi connectivity index (χ1) is 14.8. The summed E-state index contributed by atoms with van der Waals surface area (Å²) in [6.07, 6.45) is 11.2. The molecule has 170 valence electrons. The van der Waals surface area contributed by atoms with Gasteiger partial charge in [0, 0.05) is 24.0 Å². The lowest BCUT2D eigenvalue weighted by Crippen LogP contribution is -2.35. The SMILES string of the molecule is CC[C@H](C)Nc1ncc2c(O[C@H]3CC[C@](C)(O)CC3)ncc([C@H]3CC[C@H](O)CC3)c2n1. The van der Waals surface area contributed by atoms with E-state index in [4.69, 9.17) is 14.7 Å². The number of nitrogens with zero attached hydrogens (tertiary/aromatic N) is 3. The summed E-state index contributed by atoms with van der Waals surface area (Å²) in [5, 5.41) is 24.4. The Morgan fingerprint density at radius 3 is 2.52 bits per heavy atom. The summed E-state index contributed by atoms with van der Waals surface area (Å²) in [5.74, 6) is 1.55. The number of nitrogens with one attached hydrogen (secondary N) is 1. The van der Waals surface area contributed by atoms with Gasteiger partial charge in [0.2, 0.25) is 11.8 Å². The minimum Gasteiger partial charge on any atom is -0.474 e. The van der Waals surface area contributed by atoms with Crippen molar-refractivity contribution in [3.63, 3.8) is 0 Å². The van der Waals surface area contributed by atoms with Gasteiger partial charge >= 0.3 is 0 Å². The van der Waals surface area contributed by atoms with Gasteiger partial charge in [-0.25, -0.2) is 15.0 Å². The van der Waals surface area contributed by atoms with E-state index in [1.807, 2.05) is 19.3 Å². The van der Waals surface area contributed by atoms with Gasteiger partial charge in [-0.1, -0.05) is 6.92 Å². The van der Waals surface area contributed by atoms with Crippen LogP contribution in [-0.4, -0.2) is 49.0 Å². The van der Waals surface area contributed by atoms with Gasteiger partial charge < -0.3 is 20.3 Å². The number of aliphatic hydroxyl groups excluding tert-OH is 1. The predicted octanol–water partition coefficient (Wildman–Crippen LogP) is 4.33. The van der Waals surface area contributed by atoms with Crippen molar-refractivity contribution in [3.05, 3.63) is 18.0 Å². The second-order valence-electron chi connectivity index (χ2n) is 9.75. The molecule has 2 fully saturated rings. The number of fused-ring (bicyclic) bond motifs is 1. The molecule has 31 heavy (non-hydrogen) atoms. The van der Waals surface area contributed by atoms with Gasteiger partial charge in [-0.15, -0.1) is 0 Å². The molecule has 0 aromatic carbocycles. The van der Waals surface area contributed by atoms with E-state index in [0.717, 1.165) is 74.3 Å². The minimum atomic E-state index is -0.593. The van der Waals surface area contributed by atoms with Crippen molar-refractivity contribution in [2.24, 2.45) is 0 Å². The van der Waals surface area contributed by atoms with E-state index in [1.165, 1.54) is 0 Å². The van der Waals surface area contributed by atoms with Crippen LogP contribution in [0.3, 0.4) is 0 Å². The Morgan fingerprint density at radius 1 is 1.13 bits per heavy atom. The summed E-state index contributed by atoms with van der Waals surface area (Å²) in [6.45, 7) is 6.15. The van der Waals surface area contributed by atoms with Gasteiger partial charge in [-0.2, -0.15) is 0 Å². The Bertz CT molecular complexity index is 886. The van der Waals surface area contributed by atoms with Crippen LogP contribution in [0.4, 0.5) is 5.95 Å². The molecular formula is C24H36N4O3. The van der Waals surface area contributed by atoms with Crippen molar-refractivity contribution >= 4 is 16.9 Å². The van der Waals surface area contributed by atoms with Crippen LogP contribution in [0.15, 0.2) is 12.4 Å². The minimum absolute atomic E-state index is 0.0458. The van der Waals surface area contributed by atoms with E-state index >= 15 is 0 Å². The van der Waals surface area contributed by atoms with Crippen LogP contribution in [0.2, 0.25) is 0 Å². The number of aromatic nitrogens is 3. The lowest BCUT2D eigenvalue weighted by atomic mass is 9.82. The smallest absolute Gasteiger partial charge is 0.224 e. The number of hydrogen-bond donors (Lipinski definition) is 3. The first-order valence-corrected chi connectivity index (χ1v) is 11.8.